The number of halogens is 2. The van der Waals surface area contributed by atoms with E-state index in [1.807, 2.05) is 22.9 Å². The van der Waals surface area contributed by atoms with Crippen molar-refractivity contribution in [2.45, 2.75) is 32.7 Å². The molecule has 2 aromatic rings. The minimum atomic E-state index is 0.151. The molecule has 0 bridgehead atoms. The van der Waals surface area contributed by atoms with Crippen molar-refractivity contribution in [2.75, 3.05) is 13.2 Å². The molecule has 0 amide bonds. The summed E-state index contributed by atoms with van der Waals surface area (Å²) in [5.74, 6) is 0.611. The van der Waals surface area contributed by atoms with E-state index in [1.165, 1.54) is 0 Å². The number of aliphatic hydroxyl groups is 1. The molecule has 0 aliphatic carbocycles. The smallest absolute Gasteiger partial charge is 0.233 e. The first kappa shape index (κ1) is 17.1. The van der Waals surface area contributed by atoms with E-state index in [0.717, 1.165) is 24.1 Å². The lowest BCUT2D eigenvalue weighted by Gasteiger charge is -2.09. The second kappa shape index (κ2) is 8.42. The number of rotatable bonds is 8. The van der Waals surface area contributed by atoms with Crippen molar-refractivity contribution in [1.29, 1.82) is 0 Å². The number of ether oxygens (including phenoxy) is 1. The van der Waals surface area contributed by atoms with Gasteiger partial charge < -0.3 is 9.84 Å². The van der Waals surface area contributed by atoms with Crippen LogP contribution in [0, 0.1) is 0 Å². The van der Waals surface area contributed by atoms with Gasteiger partial charge in [0.1, 0.15) is 0 Å². The van der Waals surface area contributed by atoms with E-state index in [-0.39, 0.29) is 6.61 Å². The van der Waals surface area contributed by atoms with Crippen LogP contribution < -0.4 is 4.74 Å². The van der Waals surface area contributed by atoms with Crippen LogP contribution >= 0.6 is 23.2 Å². The number of aromatic nitrogens is 2. The summed E-state index contributed by atoms with van der Waals surface area (Å²) in [6.07, 6.45) is 2.36. The molecule has 0 atom stereocenters. The number of aliphatic hydroxyl groups excluding tert-OH is 1. The Morgan fingerprint density at radius 1 is 1.27 bits per heavy atom. The van der Waals surface area contributed by atoms with Crippen LogP contribution in [0.5, 0.6) is 5.88 Å². The Hall–Kier alpha value is -1.23. The van der Waals surface area contributed by atoms with Crippen LogP contribution in [0.1, 0.15) is 31.0 Å². The van der Waals surface area contributed by atoms with Crippen LogP contribution in [0.25, 0.3) is 0 Å². The van der Waals surface area contributed by atoms with Gasteiger partial charge in [0, 0.05) is 28.4 Å². The predicted octanol–water partition coefficient (Wildman–Crippen LogP) is 3.95. The topological polar surface area (TPSA) is 47.3 Å². The Kier molecular flexibility index (Phi) is 6.55. The van der Waals surface area contributed by atoms with Gasteiger partial charge in [-0.15, -0.1) is 5.10 Å². The molecule has 2 rings (SSSR count). The molecule has 0 aliphatic rings. The van der Waals surface area contributed by atoms with Gasteiger partial charge >= 0.3 is 0 Å². The predicted molar refractivity (Wildman–Crippen MR) is 89.0 cm³/mol. The Bertz CT molecular complexity index is 614. The van der Waals surface area contributed by atoms with Crippen LogP contribution in [-0.2, 0) is 13.0 Å². The van der Waals surface area contributed by atoms with Crippen LogP contribution in [0.3, 0.4) is 0 Å². The first-order valence-electron chi connectivity index (χ1n) is 7.38. The van der Waals surface area contributed by atoms with Gasteiger partial charge in [-0.05, 0) is 37.0 Å². The van der Waals surface area contributed by atoms with Gasteiger partial charge in [-0.2, -0.15) is 0 Å². The standard InChI is InChI=1S/C16H20Cl2N2O2/c1-2-8-22-16-10-14(4-3-7-21)20(19-16)11-12-5-6-13(17)9-15(12)18/h5-6,9-10,21H,2-4,7-8,11H2,1H3. The molecular weight excluding hydrogens is 323 g/mol. The lowest BCUT2D eigenvalue weighted by atomic mass is 10.2. The summed E-state index contributed by atoms with van der Waals surface area (Å²) >= 11 is 12.2. The normalized spacial score (nSPS) is 10.9. The van der Waals surface area contributed by atoms with Gasteiger partial charge in [-0.1, -0.05) is 36.2 Å². The van der Waals surface area contributed by atoms with E-state index in [2.05, 4.69) is 12.0 Å². The minimum Gasteiger partial charge on any atom is -0.477 e. The summed E-state index contributed by atoms with van der Waals surface area (Å²) in [5, 5.41) is 14.7. The van der Waals surface area contributed by atoms with Crippen LogP contribution in [0.15, 0.2) is 24.3 Å². The summed E-state index contributed by atoms with van der Waals surface area (Å²) < 4.78 is 7.47. The van der Waals surface area contributed by atoms with Gasteiger partial charge in [0.05, 0.1) is 13.2 Å². The molecule has 0 aliphatic heterocycles. The van der Waals surface area contributed by atoms with Crippen molar-refractivity contribution in [1.82, 2.24) is 9.78 Å². The molecular formula is C16H20Cl2N2O2. The third-order valence-electron chi connectivity index (χ3n) is 3.22. The SMILES string of the molecule is CCCOc1cc(CCCO)n(Cc2ccc(Cl)cc2Cl)n1. The number of benzene rings is 1. The molecule has 0 spiro atoms. The third-order valence-corrected chi connectivity index (χ3v) is 3.81. The molecule has 0 saturated carbocycles. The molecule has 0 fully saturated rings. The molecule has 0 saturated heterocycles. The maximum Gasteiger partial charge on any atom is 0.233 e. The zero-order valence-electron chi connectivity index (χ0n) is 12.6. The van der Waals surface area contributed by atoms with E-state index in [1.54, 1.807) is 6.07 Å². The highest BCUT2D eigenvalue weighted by Crippen LogP contribution is 2.23. The lowest BCUT2D eigenvalue weighted by Crippen LogP contribution is -2.08. The average molecular weight is 343 g/mol. The number of hydrogen-bond donors (Lipinski definition) is 1. The summed E-state index contributed by atoms with van der Waals surface area (Å²) in [5.41, 5.74) is 1.97. The summed E-state index contributed by atoms with van der Waals surface area (Å²) in [6.45, 7) is 3.39. The zero-order valence-corrected chi connectivity index (χ0v) is 14.1. The van der Waals surface area contributed by atoms with E-state index in [0.29, 0.717) is 35.5 Å². The van der Waals surface area contributed by atoms with Crippen molar-refractivity contribution < 1.29 is 9.84 Å². The summed E-state index contributed by atoms with van der Waals surface area (Å²) in [6, 6.07) is 7.36. The van der Waals surface area contributed by atoms with Crippen molar-refractivity contribution in [3.63, 3.8) is 0 Å². The van der Waals surface area contributed by atoms with Crippen molar-refractivity contribution in [3.8, 4) is 5.88 Å². The highest BCUT2D eigenvalue weighted by Gasteiger charge is 2.11. The van der Waals surface area contributed by atoms with E-state index in [4.69, 9.17) is 33.0 Å². The summed E-state index contributed by atoms with van der Waals surface area (Å²) in [7, 11) is 0. The lowest BCUT2D eigenvalue weighted by molar-refractivity contribution is 0.287. The first-order chi connectivity index (χ1) is 10.6. The molecule has 1 aromatic heterocycles. The fourth-order valence-electron chi connectivity index (χ4n) is 2.12. The maximum absolute atomic E-state index is 9.03. The van der Waals surface area contributed by atoms with Gasteiger partial charge in [0.15, 0.2) is 0 Å². The molecule has 0 radical (unpaired) electrons. The van der Waals surface area contributed by atoms with Crippen molar-refractivity contribution in [2.24, 2.45) is 0 Å². The Morgan fingerprint density at radius 2 is 2.09 bits per heavy atom. The van der Waals surface area contributed by atoms with Gasteiger partial charge in [0.2, 0.25) is 5.88 Å². The fraction of sp³-hybridized carbons (Fsp3) is 0.438. The monoisotopic (exact) mass is 342 g/mol. The van der Waals surface area contributed by atoms with E-state index in [9.17, 15) is 0 Å². The third kappa shape index (κ3) is 4.63. The molecule has 4 nitrogen and oxygen atoms in total. The number of nitrogens with zero attached hydrogens (tertiary/aromatic N) is 2. The molecule has 1 heterocycles. The average Bonchev–Trinajstić information content (AvgIpc) is 2.88. The molecule has 22 heavy (non-hydrogen) atoms. The maximum atomic E-state index is 9.03. The first-order valence-corrected chi connectivity index (χ1v) is 8.14. The summed E-state index contributed by atoms with van der Waals surface area (Å²) in [4.78, 5) is 0. The van der Waals surface area contributed by atoms with Crippen molar-refractivity contribution >= 4 is 23.2 Å². The van der Waals surface area contributed by atoms with Crippen molar-refractivity contribution in [3.05, 3.63) is 45.6 Å². The Labute approximate surface area is 140 Å². The quantitative estimate of drug-likeness (QED) is 0.789. The highest BCUT2D eigenvalue weighted by atomic mass is 35.5. The highest BCUT2D eigenvalue weighted by molar-refractivity contribution is 6.35. The second-order valence-corrected chi connectivity index (χ2v) is 5.89. The molecule has 1 aromatic carbocycles. The van der Waals surface area contributed by atoms with E-state index >= 15 is 0 Å². The largest absolute Gasteiger partial charge is 0.477 e. The zero-order chi connectivity index (χ0) is 15.9. The molecule has 120 valence electrons. The van der Waals surface area contributed by atoms with Gasteiger partial charge in [-0.25, -0.2) is 0 Å². The van der Waals surface area contributed by atoms with E-state index < -0.39 is 0 Å². The second-order valence-electron chi connectivity index (χ2n) is 5.04. The molecule has 0 unspecified atom stereocenters. The molecule has 6 heteroatoms. The number of hydrogen-bond acceptors (Lipinski definition) is 3. The minimum absolute atomic E-state index is 0.151. The van der Waals surface area contributed by atoms with Crippen LogP contribution in [0.4, 0.5) is 0 Å². The molecule has 1 N–H and O–H groups in total. The Morgan fingerprint density at radius 3 is 2.77 bits per heavy atom. The van der Waals surface area contributed by atoms with Gasteiger partial charge in [0.25, 0.3) is 0 Å². The Balaban J connectivity index is 2.21. The van der Waals surface area contributed by atoms with Crippen LogP contribution in [-0.4, -0.2) is 28.1 Å². The van der Waals surface area contributed by atoms with Gasteiger partial charge in [-0.3, -0.25) is 4.68 Å². The fourth-order valence-corrected chi connectivity index (χ4v) is 2.58. The van der Waals surface area contributed by atoms with Crippen LogP contribution in [0.2, 0.25) is 10.0 Å². The number of aryl methyl sites for hydroxylation is 1.